The van der Waals surface area contributed by atoms with Gasteiger partial charge < -0.3 is 9.64 Å². The summed E-state index contributed by atoms with van der Waals surface area (Å²) < 4.78 is 5.38. The number of rotatable bonds is 0. The van der Waals surface area contributed by atoms with Crippen molar-refractivity contribution in [3.8, 4) is 0 Å². The van der Waals surface area contributed by atoms with E-state index >= 15 is 0 Å². The van der Waals surface area contributed by atoms with Gasteiger partial charge in [-0.2, -0.15) is 0 Å². The number of Topliss-reactive ketones (excluding diaryl/α,β-unsaturated/α-hetero) is 1. The molecule has 110 valence electrons. The molecule has 1 amide bonds. The molecular formula is C15H27NO3. The highest BCUT2D eigenvalue weighted by Crippen LogP contribution is 2.34. The van der Waals surface area contributed by atoms with Crippen molar-refractivity contribution in [3.63, 3.8) is 0 Å². The minimum atomic E-state index is -0.464. The van der Waals surface area contributed by atoms with E-state index in [4.69, 9.17) is 4.74 Å². The number of ether oxygens (including phenoxy) is 1. The zero-order valence-corrected chi connectivity index (χ0v) is 12.9. The molecule has 2 fully saturated rings. The molecular weight excluding hydrogens is 242 g/mol. The maximum atomic E-state index is 12.0. The average molecular weight is 269 g/mol. The van der Waals surface area contributed by atoms with E-state index in [0.29, 0.717) is 18.7 Å². The Morgan fingerprint density at radius 2 is 1.89 bits per heavy atom. The van der Waals surface area contributed by atoms with Crippen molar-refractivity contribution >= 4 is 11.9 Å². The number of ketones is 1. The Labute approximate surface area is 116 Å². The van der Waals surface area contributed by atoms with Gasteiger partial charge >= 0.3 is 6.09 Å². The lowest BCUT2D eigenvalue weighted by Crippen LogP contribution is -2.44. The number of carbonyl (C=O) groups excluding carboxylic acids is 2. The van der Waals surface area contributed by atoms with Crippen molar-refractivity contribution in [3.05, 3.63) is 0 Å². The smallest absolute Gasteiger partial charge is 0.410 e. The van der Waals surface area contributed by atoms with Crippen LogP contribution >= 0.6 is 0 Å². The summed E-state index contributed by atoms with van der Waals surface area (Å²) in [4.78, 5) is 25.5. The summed E-state index contributed by atoms with van der Waals surface area (Å²) in [5.41, 5.74) is -0.464. The van der Waals surface area contributed by atoms with Gasteiger partial charge in [0.2, 0.25) is 0 Å². The number of carbonyl (C=O) groups is 2. The van der Waals surface area contributed by atoms with E-state index in [1.807, 2.05) is 34.6 Å². The monoisotopic (exact) mass is 269 g/mol. The van der Waals surface area contributed by atoms with Crippen LogP contribution in [0.3, 0.4) is 0 Å². The van der Waals surface area contributed by atoms with Crippen molar-refractivity contribution in [2.24, 2.45) is 5.92 Å². The second-order valence-electron chi connectivity index (χ2n) is 5.99. The lowest BCUT2D eigenvalue weighted by Gasteiger charge is -2.32. The first kappa shape index (κ1) is 16.0. The summed E-state index contributed by atoms with van der Waals surface area (Å²) in [6, 6.07) is 0.0890. The number of nitrogens with zero attached hydrogens (tertiary/aromatic N) is 1. The normalized spacial score (nSPS) is 26.4. The zero-order valence-electron chi connectivity index (χ0n) is 12.9. The minimum Gasteiger partial charge on any atom is -0.444 e. The highest BCUT2D eigenvalue weighted by molar-refractivity contribution is 5.84. The standard InChI is InChI=1S/C13H21NO3.C2H6/c1-13(2,3)17-12(16)14-8-7-9-10(14)5-4-6-11(9)15;1-2/h9-10H,4-8H2,1-3H3;1-2H3. The Bertz CT molecular complexity index is 333. The third-order valence-electron chi connectivity index (χ3n) is 3.51. The average Bonchev–Trinajstić information content (AvgIpc) is 2.75. The quantitative estimate of drug-likeness (QED) is 0.677. The summed E-state index contributed by atoms with van der Waals surface area (Å²) in [6.45, 7) is 10.3. The van der Waals surface area contributed by atoms with Crippen LogP contribution in [0.25, 0.3) is 0 Å². The Morgan fingerprint density at radius 3 is 2.47 bits per heavy atom. The lowest BCUT2D eigenvalue weighted by molar-refractivity contribution is -0.125. The Hall–Kier alpha value is -1.06. The number of hydrogen-bond donors (Lipinski definition) is 0. The first-order chi connectivity index (χ1) is 8.88. The molecule has 0 aromatic heterocycles. The van der Waals surface area contributed by atoms with Gasteiger partial charge in [-0.3, -0.25) is 4.79 Å². The van der Waals surface area contributed by atoms with E-state index in [-0.39, 0.29) is 18.1 Å². The topological polar surface area (TPSA) is 46.6 Å². The molecule has 1 heterocycles. The molecule has 1 aliphatic carbocycles. The Kier molecular flexibility index (Phi) is 5.39. The van der Waals surface area contributed by atoms with Crippen molar-refractivity contribution in [2.45, 2.75) is 71.9 Å². The van der Waals surface area contributed by atoms with Gasteiger partial charge in [0.1, 0.15) is 11.4 Å². The van der Waals surface area contributed by atoms with E-state index in [0.717, 1.165) is 19.3 Å². The number of amides is 1. The first-order valence-electron chi connectivity index (χ1n) is 7.41. The molecule has 1 aliphatic heterocycles. The van der Waals surface area contributed by atoms with Gasteiger partial charge in [-0.05, 0) is 40.0 Å². The maximum Gasteiger partial charge on any atom is 0.410 e. The molecule has 2 atom stereocenters. The Morgan fingerprint density at radius 1 is 1.26 bits per heavy atom. The first-order valence-corrected chi connectivity index (χ1v) is 7.41. The van der Waals surface area contributed by atoms with Crippen molar-refractivity contribution in [1.29, 1.82) is 0 Å². The summed E-state index contributed by atoms with van der Waals surface area (Å²) in [5, 5.41) is 0. The molecule has 4 nitrogen and oxygen atoms in total. The molecule has 2 unspecified atom stereocenters. The van der Waals surface area contributed by atoms with Crippen LogP contribution in [0.5, 0.6) is 0 Å². The van der Waals surface area contributed by atoms with Crippen LogP contribution in [0, 0.1) is 5.92 Å². The predicted octanol–water partition coefficient (Wildman–Crippen LogP) is 3.39. The summed E-state index contributed by atoms with van der Waals surface area (Å²) in [6.07, 6.45) is 3.07. The second kappa shape index (κ2) is 6.40. The molecule has 0 aromatic carbocycles. The van der Waals surface area contributed by atoms with Crippen LogP contribution in [0.1, 0.15) is 60.3 Å². The molecule has 0 radical (unpaired) electrons. The van der Waals surface area contributed by atoms with Crippen LogP contribution in [0.4, 0.5) is 4.79 Å². The lowest BCUT2D eigenvalue weighted by atomic mass is 9.84. The van der Waals surface area contributed by atoms with Crippen LogP contribution in [-0.2, 0) is 9.53 Å². The SMILES string of the molecule is CC.CC(C)(C)OC(=O)N1CCC2C(=O)CCCC21. The summed E-state index contributed by atoms with van der Waals surface area (Å²) in [5.74, 6) is 0.392. The van der Waals surface area contributed by atoms with Gasteiger partial charge in [-0.25, -0.2) is 4.79 Å². The van der Waals surface area contributed by atoms with Crippen LogP contribution < -0.4 is 0 Å². The number of likely N-dealkylation sites (tertiary alicyclic amines) is 1. The number of hydrogen-bond acceptors (Lipinski definition) is 3. The second-order valence-corrected chi connectivity index (χ2v) is 5.99. The van der Waals surface area contributed by atoms with Crippen LogP contribution in [-0.4, -0.2) is 35.0 Å². The van der Waals surface area contributed by atoms with E-state index in [1.165, 1.54) is 0 Å². The third-order valence-corrected chi connectivity index (χ3v) is 3.51. The predicted molar refractivity (Wildman–Crippen MR) is 75.0 cm³/mol. The molecule has 0 aromatic rings. The fourth-order valence-electron chi connectivity index (χ4n) is 2.80. The van der Waals surface area contributed by atoms with E-state index < -0.39 is 5.60 Å². The zero-order chi connectivity index (χ0) is 14.6. The van der Waals surface area contributed by atoms with Crippen LogP contribution in [0.15, 0.2) is 0 Å². The van der Waals surface area contributed by atoms with Gasteiger partial charge in [-0.15, -0.1) is 0 Å². The molecule has 1 saturated carbocycles. The molecule has 0 N–H and O–H groups in total. The van der Waals surface area contributed by atoms with E-state index in [2.05, 4.69) is 0 Å². The molecule has 2 aliphatic rings. The van der Waals surface area contributed by atoms with E-state index in [9.17, 15) is 9.59 Å². The van der Waals surface area contributed by atoms with Crippen molar-refractivity contribution in [2.75, 3.05) is 6.54 Å². The third kappa shape index (κ3) is 3.95. The molecule has 1 saturated heterocycles. The number of fused-ring (bicyclic) bond motifs is 1. The fourth-order valence-corrected chi connectivity index (χ4v) is 2.80. The molecule has 4 heteroatoms. The highest BCUT2D eigenvalue weighted by Gasteiger charge is 2.43. The summed E-state index contributed by atoms with van der Waals surface area (Å²) in [7, 11) is 0. The molecule has 0 bridgehead atoms. The van der Waals surface area contributed by atoms with Gasteiger partial charge in [0.25, 0.3) is 0 Å². The van der Waals surface area contributed by atoms with Gasteiger partial charge in [0.15, 0.2) is 0 Å². The summed E-state index contributed by atoms with van der Waals surface area (Å²) >= 11 is 0. The Balaban J connectivity index is 0.000000861. The van der Waals surface area contributed by atoms with Gasteiger partial charge in [0.05, 0.1) is 0 Å². The highest BCUT2D eigenvalue weighted by atomic mass is 16.6. The minimum absolute atomic E-state index is 0.0660. The van der Waals surface area contributed by atoms with Crippen LogP contribution in [0.2, 0.25) is 0 Å². The maximum absolute atomic E-state index is 12.0. The van der Waals surface area contributed by atoms with Gasteiger partial charge in [-0.1, -0.05) is 13.8 Å². The molecule has 2 rings (SSSR count). The molecule has 19 heavy (non-hydrogen) atoms. The van der Waals surface area contributed by atoms with Crippen molar-refractivity contribution < 1.29 is 14.3 Å². The molecule has 0 spiro atoms. The fraction of sp³-hybridized carbons (Fsp3) is 0.867. The van der Waals surface area contributed by atoms with E-state index in [1.54, 1.807) is 4.90 Å². The van der Waals surface area contributed by atoms with Crippen molar-refractivity contribution in [1.82, 2.24) is 4.90 Å². The largest absolute Gasteiger partial charge is 0.444 e. The van der Waals surface area contributed by atoms with Gasteiger partial charge in [0, 0.05) is 24.9 Å².